The maximum atomic E-state index is 12.7. The third-order valence-electron chi connectivity index (χ3n) is 5.06. The van der Waals surface area contributed by atoms with E-state index in [-0.39, 0.29) is 5.91 Å². The minimum atomic E-state index is 0.0576. The van der Waals surface area contributed by atoms with Crippen molar-refractivity contribution >= 4 is 11.6 Å². The highest BCUT2D eigenvalue weighted by Crippen LogP contribution is 2.21. The van der Waals surface area contributed by atoms with E-state index < -0.39 is 0 Å². The van der Waals surface area contributed by atoms with E-state index in [1.165, 1.54) is 12.0 Å². The van der Waals surface area contributed by atoms with Crippen LogP contribution in [-0.4, -0.2) is 34.9 Å². The first-order chi connectivity index (χ1) is 12.5. The third kappa shape index (κ3) is 4.43. The fourth-order valence-electron chi connectivity index (χ4n) is 3.57. The molecule has 1 fully saturated rings. The molecule has 0 radical (unpaired) electrons. The largest absolute Gasteiger partial charge is 0.364 e. The number of benzene rings is 1. The van der Waals surface area contributed by atoms with Crippen molar-refractivity contribution in [1.82, 2.24) is 9.88 Å². The molecule has 26 heavy (non-hydrogen) atoms. The number of carbonyl (C=O) groups excluding carboxylic acids is 1. The van der Waals surface area contributed by atoms with Crippen LogP contribution in [0.3, 0.4) is 0 Å². The summed E-state index contributed by atoms with van der Waals surface area (Å²) in [5.41, 5.74) is 2.86. The van der Waals surface area contributed by atoms with Gasteiger partial charge < -0.3 is 9.80 Å². The Labute approximate surface area is 156 Å². The summed E-state index contributed by atoms with van der Waals surface area (Å²) in [7, 11) is 0. The Kier molecular flexibility index (Phi) is 5.92. The van der Waals surface area contributed by atoms with Gasteiger partial charge in [-0.1, -0.05) is 37.3 Å². The fourth-order valence-corrected chi connectivity index (χ4v) is 3.57. The Hall–Kier alpha value is -2.36. The standard InChI is InChI=1S/C22H29N3O/c1-17(2)25(16-19-9-5-4-6-10-19)20-11-12-21(23-14-20)22(26)24-13-7-8-18(3)15-24/h4-6,9-12,14,17-18H,7-8,13,15-16H2,1-3H3. The van der Waals surface area contributed by atoms with Gasteiger partial charge in [0, 0.05) is 25.7 Å². The summed E-state index contributed by atoms with van der Waals surface area (Å²) in [4.78, 5) is 21.4. The van der Waals surface area contributed by atoms with Crippen LogP contribution in [-0.2, 0) is 6.54 Å². The molecule has 1 unspecified atom stereocenters. The summed E-state index contributed by atoms with van der Waals surface area (Å²) in [6.07, 6.45) is 4.13. The van der Waals surface area contributed by atoms with Crippen molar-refractivity contribution in [2.45, 2.75) is 46.2 Å². The Balaban J connectivity index is 1.73. The Morgan fingerprint density at radius 1 is 1.23 bits per heavy atom. The maximum Gasteiger partial charge on any atom is 0.272 e. The normalized spacial score (nSPS) is 17.4. The number of piperidine rings is 1. The zero-order valence-electron chi connectivity index (χ0n) is 16.1. The highest BCUT2D eigenvalue weighted by atomic mass is 16.2. The van der Waals surface area contributed by atoms with Crippen LogP contribution in [0.2, 0.25) is 0 Å². The second kappa shape index (κ2) is 8.35. The third-order valence-corrected chi connectivity index (χ3v) is 5.06. The molecule has 2 heterocycles. The van der Waals surface area contributed by atoms with Gasteiger partial charge in [-0.25, -0.2) is 4.98 Å². The average molecular weight is 351 g/mol. The molecule has 0 saturated carbocycles. The van der Waals surface area contributed by atoms with Crippen LogP contribution < -0.4 is 4.90 Å². The van der Waals surface area contributed by atoms with Gasteiger partial charge in [0.1, 0.15) is 5.69 Å². The molecule has 2 aromatic rings. The van der Waals surface area contributed by atoms with Crippen LogP contribution in [0, 0.1) is 5.92 Å². The minimum Gasteiger partial charge on any atom is -0.364 e. The van der Waals surface area contributed by atoms with Gasteiger partial charge in [0.25, 0.3) is 5.91 Å². The van der Waals surface area contributed by atoms with E-state index in [4.69, 9.17) is 0 Å². The number of likely N-dealkylation sites (tertiary alicyclic amines) is 1. The lowest BCUT2D eigenvalue weighted by Gasteiger charge is -2.31. The van der Waals surface area contributed by atoms with Crippen molar-refractivity contribution in [3.05, 3.63) is 59.9 Å². The number of nitrogens with zero attached hydrogens (tertiary/aromatic N) is 3. The van der Waals surface area contributed by atoms with Gasteiger partial charge in [-0.3, -0.25) is 4.79 Å². The predicted molar refractivity (Wildman–Crippen MR) is 106 cm³/mol. The molecule has 0 N–H and O–H groups in total. The summed E-state index contributed by atoms with van der Waals surface area (Å²) >= 11 is 0. The molecular weight excluding hydrogens is 322 g/mol. The highest BCUT2D eigenvalue weighted by molar-refractivity contribution is 5.92. The number of aromatic nitrogens is 1. The van der Waals surface area contributed by atoms with Crippen molar-refractivity contribution < 1.29 is 4.79 Å². The van der Waals surface area contributed by atoms with Crippen LogP contribution in [0.5, 0.6) is 0 Å². The van der Waals surface area contributed by atoms with Crippen molar-refractivity contribution in [3.8, 4) is 0 Å². The van der Waals surface area contributed by atoms with E-state index >= 15 is 0 Å². The van der Waals surface area contributed by atoms with Crippen LogP contribution in [0.4, 0.5) is 5.69 Å². The molecule has 1 aliphatic rings. The number of carbonyl (C=O) groups is 1. The predicted octanol–water partition coefficient (Wildman–Crippen LogP) is 4.37. The number of hydrogen-bond donors (Lipinski definition) is 0. The van der Waals surface area contributed by atoms with Crippen molar-refractivity contribution in [2.24, 2.45) is 5.92 Å². The van der Waals surface area contributed by atoms with Crippen LogP contribution in [0.15, 0.2) is 48.7 Å². The first kappa shape index (κ1) is 18.4. The molecule has 1 amide bonds. The fraction of sp³-hybridized carbons (Fsp3) is 0.455. The quantitative estimate of drug-likeness (QED) is 0.803. The number of pyridine rings is 1. The molecule has 0 bridgehead atoms. The van der Waals surface area contributed by atoms with Crippen molar-refractivity contribution in [2.75, 3.05) is 18.0 Å². The van der Waals surface area contributed by atoms with E-state index in [1.54, 1.807) is 0 Å². The number of amides is 1. The highest BCUT2D eigenvalue weighted by Gasteiger charge is 2.23. The summed E-state index contributed by atoms with van der Waals surface area (Å²) in [6.45, 7) is 9.08. The minimum absolute atomic E-state index is 0.0576. The maximum absolute atomic E-state index is 12.7. The molecule has 1 aromatic heterocycles. The van der Waals surface area contributed by atoms with Gasteiger partial charge in [0.2, 0.25) is 0 Å². The van der Waals surface area contributed by atoms with E-state index in [2.05, 4.69) is 54.9 Å². The van der Waals surface area contributed by atoms with Crippen molar-refractivity contribution in [3.63, 3.8) is 0 Å². The monoisotopic (exact) mass is 351 g/mol. The second-order valence-electron chi connectivity index (χ2n) is 7.61. The molecule has 138 valence electrons. The summed E-state index contributed by atoms with van der Waals surface area (Å²) < 4.78 is 0. The van der Waals surface area contributed by atoms with E-state index in [0.717, 1.165) is 31.7 Å². The molecule has 3 rings (SSSR count). The lowest BCUT2D eigenvalue weighted by atomic mass is 10.00. The van der Waals surface area contributed by atoms with E-state index in [1.807, 2.05) is 29.3 Å². The number of hydrogen-bond acceptors (Lipinski definition) is 3. The summed E-state index contributed by atoms with van der Waals surface area (Å²) in [5, 5.41) is 0. The first-order valence-corrected chi connectivity index (χ1v) is 9.60. The van der Waals surface area contributed by atoms with Gasteiger partial charge in [-0.2, -0.15) is 0 Å². The zero-order chi connectivity index (χ0) is 18.5. The Bertz CT molecular complexity index is 712. The van der Waals surface area contributed by atoms with Crippen LogP contribution >= 0.6 is 0 Å². The second-order valence-corrected chi connectivity index (χ2v) is 7.61. The summed E-state index contributed by atoms with van der Waals surface area (Å²) in [6, 6.07) is 14.7. The topological polar surface area (TPSA) is 36.4 Å². The van der Waals surface area contributed by atoms with Gasteiger partial charge in [0.05, 0.1) is 11.9 Å². The van der Waals surface area contributed by atoms with Gasteiger partial charge in [-0.15, -0.1) is 0 Å². The molecule has 1 atom stereocenters. The summed E-state index contributed by atoms with van der Waals surface area (Å²) in [5.74, 6) is 0.636. The molecule has 1 aromatic carbocycles. The van der Waals surface area contributed by atoms with Gasteiger partial charge in [0.15, 0.2) is 0 Å². The molecule has 4 heteroatoms. The Morgan fingerprint density at radius 3 is 2.62 bits per heavy atom. The van der Waals surface area contributed by atoms with Gasteiger partial charge >= 0.3 is 0 Å². The lowest BCUT2D eigenvalue weighted by molar-refractivity contribution is 0.0677. The molecule has 0 aliphatic carbocycles. The van der Waals surface area contributed by atoms with E-state index in [0.29, 0.717) is 17.7 Å². The number of rotatable bonds is 5. The molecule has 1 aliphatic heterocycles. The molecule has 1 saturated heterocycles. The smallest absolute Gasteiger partial charge is 0.272 e. The van der Waals surface area contributed by atoms with Crippen LogP contribution in [0.25, 0.3) is 0 Å². The Morgan fingerprint density at radius 2 is 2.00 bits per heavy atom. The van der Waals surface area contributed by atoms with E-state index in [9.17, 15) is 4.79 Å². The molecule has 0 spiro atoms. The number of anilines is 1. The van der Waals surface area contributed by atoms with Gasteiger partial charge in [-0.05, 0) is 50.3 Å². The van der Waals surface area contributed by atoms with Crippen LogP contribution in [0.1, 0.15) is 49.7 Å². The lowest BCUT2D eigenvalue weighted by Crippen LogP contribution is -2.39. The molecule has 4 nitrogen and oxygen atoms in total. The SMILES string of the molecule is CC1CCCN(C(=O)c2ccc(N(Cc3ccccc3)C(C)C)cn2)C1. The average Bonchev–Trinajstić information content (AvgIpc) is 2.66. The molecular formula is C22H29N3O. The zero-order valence-corrected chi connectivity index (χ0v) is 16.1. The van der Waals surface area contributed by atoms with Crippen molar-refractivity contribution in [1.29, 1.82) is 0 Å². The first-order valence-electron chi connectivity index (χ1n) is 9.60.